The van der Waals surface area contributed by atoms with E-state index < -0.39 is 0 Å². The zero-order valence-corrected chi connectivity index (χ0v) is 12.5. The molecule has 0 radical (unpaired) electrons. The summed E-state index contributed by atoms with van der Waals surface area (Å²) in [6.07, 6.45) is 6.92. The molecule has 7 nitrogen and oxygen atoms in total. The van der Waals surface area contributed by atoms with Crippen molar-refractivity contribution < 1.29 is 4.79 Å². The second-order valence-corrected chi connectivity index (χ2v) is 5.71. The fourth-order valence-electron chi connectivity index (χ4n) is 3.02. The first-order valence-corrected chi connectivity index (χ1v) is 7.67. The van der Waals surface area contributed by atoms with Gasteiger partial charge in [0.15, 0.2) is 5.65 Å². The Morgan fingerprint density at radius 1 is 1.26 bits per heavy atom. The molecule has 1 saturated heterocycles. The van der Waals surface area contributed by atoms with Gasteiger partial charge < -0.3 is 4.90 Å². The lowest BCUT2D eigenvalue weighted by molar-refractivity contribution is 0.0693. The number of hydrogen-bond donors (Lipinski definition) is 1. The van der Waals surface area contributed by atoms with Crippen LogP contribution in [0.1, 0.15) is 35.1 Å². The molecule has 1 aliphatic heterocycles. The average molecular weight is 308 g/mol. The highest BCUT2D eigenvalue weighted by molar-refractivity contribution is 5.90. The van der Waals surface area contributed by atoms with E-state index in [-0.39, 0.29) is 17.6 Å². The summed E-state index contributed by atoms with van der Waals surface area (Å²) in [5.74, 6) is 0.368. The van der Waals surface area contributed by atoms with Gasteiger partial charge in [-0.2, -0.15) is 5.10 Å². The van der Waals surface area contributed by atoms with Gasteiger partial charge in [0.2, 0.25) is 5.82 Å². The molecular weight excluding hydrogens is 292 g/mol. The molecule has 0 aliphatic carbocycles. The third-order valence-electron chi connectivity index (χ3n) is 4.21. The molecule has 1 fully saturated rings. The van der Waals surface area contributed by atoms with Gasteiger partial charge in [-0.05, 0) is 31.0 Å². The summed E-state index contributed by atoms with van der Waals surface area (Å²) in [7, 11) is 0. The Balaban J connectivity index is 1.55. The number of nitrogens with one attached hydrogen (secondary N) is 1. The van der Waals surface area contributed by atoms with Gasteiger partial charge in [-0.3, -0.25) is 9.89 Å². The largest absolute Gasteiger partial charge is 0.335 e. The summed E-state index contributed by atoms with van der Waals surface area (Å²) in [6, 6.07) is 5.75. The van der Waals surface area contributed by atoms with E-state index in [1.54, 1.807) is 24.7 Å². The molecule has 116 valence electrons. The molecule has 0 saturated carbocycles. The number of carbonyl (C=O) groups is 1. The number of amides is 1. The molecule has 3 aromatic heterocycles. The van der Waals surface area contributed by atoms with Crippen LogP contribution in [0.15, 0.2) is 36.8 Å². The van der Waals surface area contributed by atoms with E-state index in [1.165, 1.54) is 0 Å². The van der Waals surface area contributed by atoms with E-state index in [2.05, 4.69) is 25.1 Å². The Labute approximate surface area is 132 Å². The molecular formula is C16H16N6O. The number of pyridine rings is 1. The van der Waals surface area contributed by atoms with Crippen LogP contribution in [-0.4, -0.2) is 49.0 Å². The Morgan fingerprint density at radius 2 is 2.13 bits per heavy atom. The SMILES string of the molecule is O=C(c1ncccn1)N1CCC[C@@H](c2ccc3cn[nH]c3n2)C1. The fraction of sp³-hybridized carbons (Fsp3) is 0.312. The normalized spacial score (nSPS) is 18.3. The van der Waals surface area contributed by atoms with Crippen molar-refractivity contribution in [2.75, 3.05) is 13.1 Å². The van der Waals surface area contributed by atoms with Gasteiger partial charge in [-0.25, -0.2) is 15.0 Å². The molecule has 0 bridgehead atoms. The van der Waals surface area contributed by atoms with Gasteiger partial charge >= 0.3 is 0 Å². The van der Waals surface area contributed by atoms with Gasteiger partial charge in [0.05, 0.1) is 6.20 Å². The first kappa shape index (κ1) is 13.8. The summed E-state index contributed by atoms with van der Waals surface area (Å²) < 4.78 is 0. The van der Waals surface area contributed by atoms with E-state index in [1.807, 2.05) is 17.0 Å². The summed E-state index contributed by atoms with van der Waals surface area (Å²) in [5, 5.41) is 7.89. The van der Waals surface area contributed by atoms with Crippen molar-refractivity contribution in [1.82, 2.24) is 30.0 Å². The first-order chi connectivity index (χ1) is 11.3. The number of hydrogen-bond acceptors (Lipinski definition) is 5. The molecule has 4 rings (SSSR count). The van der Waals surface area contributed by atoms with Crippen LogP contribution in [0.2, 0.25) is 0 Å². The number of H-pyrrole nitrogens is 1. The summed E-state index contributed by atoms with van der Waals surface area (Å²) in [6.45, 7) is 1.38. The van der Waals surface area contributed by atoms with E-state index in [9.17, 15) is 4.79 Å². The highest BCUT2D eigenvalue weighted by atomic mass is 16.2. The van der Waals surface area contributed by atoms with E-state index in [4.69, 9.17) is 0 Å². The molecule has 1 N–H and O–H groups in total. The van der Waals surface area contributed by atoms with Crippen LogP contribution in [0.5, 0.6) is 0 Å². The van der Waals surface area contributed by atoms with Crippen molar-refractivity contribution in [1.29, 1.82) is 0 Å². The molecule has 7 heteroatoms. The monoisotopic (exact) mass is 308 g/mol. The van der Waals surface area contributed by atoms with Crippen LogP contribution < -0.4 is 0 Å². The highest BCUT2D eigenvalue weighted by Crippen LogP contribution is 2.27. The number of carbonyl (C=O) groups excluding carboxylic acids is 1. The standard InChI is InChI=1S/C16H16N6O/c23-16(15-17-6-2-7-18-15)22-8-1-3-12(10-22)13-5-4-11-9-19-21-14(11)20-13/h2,4-7,9,12H,1,3,8,10H2,(H,19,20,21)/t12-/m1/s1. The van der Waals surface area contributed by atoms with Gasteiger partial charge in [-0.15, -0.1) is 0 Å². The van der Waals surface area contributed by atoms with Crippen LogP contribution >= 0.6 is 0 Å². The predicted molar refractivity (Wildman–Crippen MR) is 83.8 cm³/mol. The smallest absolute Gasteiger partial charge is 0.291 e. The minimum atomic E-state index is -0.113. The maximum atomic E-state index is 12.5. The summed E-state index contributed by atoms with van der Waals surface area (Å²) in [4.78, 5) is 27.1. The van der Waals surface area contributed by atoms with Crippen LogP contribution in [0.4, 0.5) is 0 Å². The van der Waals surface area contributed by atoms with Crippen molar-refractivity contribution >= 4 is 16.9 Å². The second kappa shape index (κ2) is 5.75. The molecule has 23 heavy (non-hydrogen) atoms. The highest BCUT2D eigenvalue weighted by Gasteiger charge is 2.27. The Morgan fingerprint density at radius 3 is 3.00 bits per heavy atom. The van der Waals surface area contributed by atoms with Crippen LogP contribution in [0.25, 0.3) is 11.0 Å². The number of piperidine rings is 1. The van der Waals surface area contributed by atoms with Crippen LogP contribution in [0.3, 0.4) is 0 Å². The molecule has 3 aromatic rings. The minimum Gasteiger partial charge on any atom is -0.335 e. The second-order valence-electron chi connectivity index (χ2n) is 5.71. The van der Waals surface area contributed by atoms with Gasteiger partial charge in [-0.1, -0.05) is 0 Å². The third-order valence-corrected chi connectivity index (χ3v) is 4.21. The number of aromatic amines is 1. The maximum Gasteiger partial charge on any atom is 0.291 e. The molecule has 4 heterocycles. The van der Waals surface area contributed by atoms with Crippen LogP contribution in [-0.2, 0) is 0 Å². The van der Waals surface area contributed by atoms with Gasteiger partial charge in [0.1, 0.15) is 0 Å². The lowest BCUT2D eigenvalue weighted by atomic mass is 9.94. The molecule has 1 amide bonds. The zero-order valence-electron chi connectivity index (χ0n) is 12.5. The number of aromatic nitrogens is 5. The molecule has 1 aliphatic rings. The van der Waals surface area contributed by atoms with Crippen molar-refractivity contribution in [3.63, 3.8) is 0 Å². The fourth-order valence-corrected chi connectivity index (χ4v) is 3.02. The Bertz CT molecular complexity index is 831. The topological polar surface area (TPSA) is 87.7 Å². The van der Waals surface area contributed by atoms with Crippen molar-refractivity contribution in [2.24, 2.45) is 0 Å². The predicted octanol–water partition coefficient (Wildman–Crippen LogP) is 1.77. The first-order valence-electron chi connectivity index (χ1n) is 7.67. The molecule has 0 unspecified atom stereocenters. The third kappa shape index (κ3) is 2.65. The molecule has 1 atom stereocenters. The van der Waals surface area contributed by atoms with Gasteiger partial charge in [0.25, 0.3) is 5.91 Å². The minimum absolute atomic E-state index is 0.113. The number of nitrogens with zero attached hydrogens (tertiary/aromatic N) is 5. The zero-order chi connectivity index (χ0) is 15.6. The summed E-state index contributed by atoms with van der Waals surface area (Å²) >= 11 is 0. The van der Waals surface area contributed by atoms with E-state index in [0.29, 0.717) is 6.54 Å². The molecule has 0 spiro atoms. The lowest BCUT2D eigenvalue weighted by Gasteiger charge is -2.32. The summed E-state index contributed by atoms with van der Waals surface area (Å²) in [5.41, 5.74) is 1.78. The van der Waals surface area contributed by atoms with Crippen molar-refractivity contribution in [3.8, 4) is 0 Å². The number of likely N-dealkylation sites (tertiary alicyclic amines) is 1. The van der Waals surface area contributed by atoms with E-state index in [0.717, 1.165) is 36.1 Å². The molecule has 0 aromatic carbocycles. The van der Waals surface area contributed by atoms with E-state index >= 15 is 0 Å². The Hall–Kier alpha value is -2.83. The average Bonchev–Trinajstić information content (AvgIpc) is 3.09. The maximum absolute atomic E-state index is 12.5. The number of fused-ring (bicyclic) bond motifs is 1. The Kier molecular flexibility index (Phi) is 3.45. The van der Waals surface area contributed by atoms with Crippen LogP contribution in [0, 0.1) is 0 Å². The number of rotatable bonds is 2. The van der Waals surface area contributed by atoms with Crippen molar-refractivity contribution in [3.05, 3.63) is 48.3 Å². The quantitative estimate of drug-likeness (QED) is 0.779. The van der Waals surface area contributed by atoms with Crippen molar-refractivity contribution in [2.45, 2.75) is 18.8 Å². The lowest BCUT2D eigenvalue weighted by Crippen LogP contribution is -2.40. The van der Waals surface area contributed by atoms with Gasteiger partial charge in [0, 0.05) is 42.5 Å².